The molecular formula is C17H18N2. The van der Waals surface area contributed by atoms with E-state index in [4.69, 9.17) is 10.7 Å². The zero-order valence-corrected chi connectivity index (χ0v) is 11.2. The lowest BCUT2D eigenvalue weighted by molar-refractivity contribution is 0.433. The van der Waals surface area contributed by atoms with Gasteiger partial charge in [0.05, 0.1) is 5.52 Å². The van der Waals surface area contributed by atoms with E-state index in [-0.39, 0.29) is 0 Å². The molecule has 1 aromatic heterocycles. The zero-order valence-electron chi connectivity index (χ0n) is 11.2. The molecule has 2 aliphatic rings. The fourth-order valence-corrected chi connectivity index (χ4v) is 3.90. The van der Waals surface area contributed by atoms with Crippen LogP contribution in [0.1, 0.15) is 36.9 Å². The van der Waals surface area contributed by atoms with Crippen LogP contribution in [0.3, 0.4) is 0 Å². The van der Waals surface area contributed by atoms with Gasteiger partial charge in [-0.05, 0) is 44.1 Å². The zero-order chi connectivity index (χ0) is 13.0. The summed E-state index contributed by atoms with van der Waals surface area (Å²) < 4.78 is 0. The molecule has 96 valence electrons. The van der Waals surface area contributed by atoms with Gasteiger partial charge in [-0.3, -0.25) is 4.98 Å². The monoisotopic (exact) mass is 250 g/mol. The van der Waals surface area contributed by atoms with Gasteiger partial charge in [-0.1, -0.05) is 29.8 Å². The van der Waals surface area contributed by atoms with Gasteiger partial charge in [0, 0.05) is 22.3 Å². The molecule has 2 N–H and O–H groups in total. The van der Waals surface area contributed by atoms with Crippen LogP contribution in [0.25, 0.3) is 10.9 Å². The predicted molar refractivity (Wildman–Crippen MR) is 79.1 cm³/mol. The molecule has 0 aliphatic heterocycles. The van der Waals surface area contributed by atoms with Crippen molar-refractivity contribution in [3.63, 3.8) is 0 Å². The molecule has 2 heteroatoms. The number of hydrogen-bond acceptors (Lipinski definition) is 2. The molecule has 2 aliphatic carbocycles. The van der Waals surface area contributed by atoms with Crippen molar-refractivity contribution < 1.29 is 0 Å². The Bertz CT molecular complexity index is 700. The van der Waals surface area contributed by atoms with Gasteiger partial charge in [-0.25, -0.2) is 0 Å². The van der Waals surface area contributed by atoms with Crippen LogP contribution in [-0.4, -0.2) is 4.98 Å². The Morgan fingerprint density at radius 3 is 2.95 bits per heavy atom. The van der Waals surface area contributed by atoms with Crippen molar-refractivity contribution in [1.82, 2.24) is 4.98 Å². The molecule has 2 nitrogen and oxygen atoms in total. The number of rotatable bonds is 0. The second-order valence-electron chi connectivity index (χ2n) is 6.02. The third-order valence-corrected chi connectivity index (χ3v) is 4.59. The normalized spacial score (nSPS) is 25.0. The third kappa shape index (κ3) is 1.59. The van der Waals surface area contributed by atoms with Gasteiger partial charge in [-0.2, -0.15) is 0 Å². The number of nitrogens with zero attached hydrogens (tertiary/aromatic N) is 1. The van der Waals surface area contributed by atoms with Gasteiger partial charge in [0.15, 0.2) is 0 Å². The fraction of sp³-hybridized carbons (Fsp3) is 0.353. The average Bonchev–Trinajstić information content (AvgIpc) is 2.37. The van der Waals surface area contributed by atoms with E-state index in [0.29, 0.717) is 11.8 Å². The fourth-order valence-electron chi connectivity index (χ4n) is 3.90. The Morgan fingerprint density at radius 1 is 1.21 bits per heavy atom. The summed E-state index contributed by atoms with van der Waals surface area (Å²) >= 11 is 0. The van der Waals surface area contributed by atoms with Crippen molar-refractivity contribution >= 4 is 16.6 Å². The summed E-state index contributed by atoms with van der Waals surface area (Å²) in [6.07, 6.45) is 5.88. The smallest absolute Gasteiger partial charge is 0.0726 e. The van der Waals surface area contributed by atoms with Crippen molar-refractivity contribution in [3.8, 4) is 0 Å². The number of para-hydroxylation sites is 1. The maximum absolute atomic E-state index is 6.46. The molecule has 2 atom stereocenters. The van der Waals surface area contributed by atoms with Crippen LogP contribution in [-0.2, 0) is 6.42 Å². The lowest BCUT2D eigenvalue weighted by atomic mass is 9.71. The van der Waals surface area contributed by atoms with Crippen LogP contribution in [0.2, 0.25) is 0 Å². The Labute approximate surface area is 113 Å². The number of pyridine rings is 1. The maximum atomic E-state index is 6.46. The van der Waals surface area contributed by atoms with Crippen LogP contribution in [0.5, 0.6) is 0 Å². The summed E-state index contributed by atoms with van der Waals surface area (Å²) in [6, 6.07) is 8.24. The number of fused-ring (bicyclic) bond motifs is 5. The minimum atomic E-state index is 0.579. The number of anilines is 1. The minimum Gasteiger partial charge on any atom is -0.398 e. The van der Waals surface area contributed by atoms with E-state index in [1.54, 1.807) is 0 Å². The van der Waals surface area contributed by atoms with Gasteiger partial charge in [0.25, 0.3) is 0 Å². The highest BCUT2D eigenvalue weighted by molar-refractivity contribution is 5.92. The van der Waals surface area contributed by atoms with Gasteiger partial charge in [0.1, 0.15) is 0 Å². The van der Waals surface area contributed by atoms with Crippen molar-refractivity contribution in [2.24, 2.45) is 5.92 Å². The van der Waals surface area contributed by atoms with E-state index in [1.165, 1.54) is 23.3 Å². The number of benzene rings is 1. The van der Waals surface area contributed by atoms with E-state index in [9.17, 15) is 0 Å². The number of allylic oxidation sites excluding steroid dienone is 2. The highest BCUT2D eigenvalue weighted by atomic mass is 14.7. The van der Waals surface area contributed by atoms with E-state index in [2.05, 4.69) is 25.1 Å². The molecule has 0 saturated heterocycles. The molecule has 2 aromatic rings. The summed E-state index contributed by atoms with van der Waals surface area (Å²) in [5.74, 6) is 1.25. The van der Waals surface area contributed by atoms with Gasteiger partial charge in [0.2, 0.25) is 0 Å². The summed E-state index contributed by atoms with van der Waals surface area (Å²) in [5, 5.41) is 1.12. The Morgan fingerprint density at radius 2 is 2.05 bits per heavy atom. The molecule has 2 bridgehead atoms. The highest BCUT2D eigenvalue weighted by Crippen LogP contribution is 2.46. The first-order valence-corrected chi connectivity index (χ1v) is 7.06. The molecule has 0 saturated carbocycles. The van der Waals surface area contributed by atoms with Crippen molar-refractivity contribution in [2.75, 3.05) is 5.73 Å². The number of hydrogen-bond donors (Lipinski definition) is 1. The molecule has 0 amide bonds. The van der Waals surface area contributed by atoms with Crippen LogP contribution in [0.4, 0.5) is 5.69 Å². The molecule has 2 unspecified atom stereocenters. The number of nitrogens with two attached hydrogens (primary N) is 1. The summed E-state index contributed by atoms with van der Waals surface area (Å²) in [5.41, 5.74) is 12.6. The molecular weight excluding hydrogens is 232 g/mol. The van der Waals surface area contributed by atoms with E-state index in [0.717, 1.165) is 29.4 Å². The quantitative estimate of drug-likeness (QED) is 0.722. The maximum Gasteiger partial charge on any atom is 0.0726 e. The largest absolute Gasteiger partial charge is 0.398 e. The predicted octanol–water partition coefficient (Wildman–Crippen LogP) is 3.81. The first-order valence-electron chi connectivity index (χ1n) is 7.06. The number of nitrogen functional groups attached to an aromatic ring is 1. The molecule has 19 heavy (non-hydrogen) atoms. The van der Waals surface area contributed by atoms with Crippen LogP contribution >= 0.6 is 0 Å². The Kier molecular flexibility index (Phi) is 2.22. The minimum absolute atomic E-state index is 0.579. The van der Waals surface area contributed by atoms with Gasteiger partial charge in [-0.15, -0.1) is 0 Å². The van der Waals surface area contributed by atoms with E-state index >= 15 is 0 Å². The second kappa shape index (κ2) is 3.83. The van der Waals surface area contributed by atoms with Gasteiger partial charge < -0.3 is 5.73 Å². The first kappa shape index (κ1) is 11.0. The summed E-state index contributed by atoms with van der Waals surface area (Å²) in [6.45, 7) is 2.24. The van der Waals surface area contributed by atoms with E-state index < -0.39 is 0 Å². The highest BCUT2D eigenvalue weighted by Gasteiger charge is 2.32. The summed E-state index contributed by atoms with van der Waals surface area (Å²) in [7, 11) is 0. The van der Waals surface area contributed by atoms with Gasteiger partial charge >= 0.3 is 0 Å². The molecule has 4 rings (SSSR count). The molecule has 1 aromatic carbocycles. The van der Waals surface area contributed by atoms with Crippen molar-refractivity contribution in [1.29, 1.82) is 0 Å². The van der Waals surface area contributed by atoms with Crippen LogP contribution in [0.15, 0.2) is 35.9 Å². The van der Waals surface area contributed by atoms with Crippen molar-refractivity contribution in [2.45, 2.75) is 32.1 Å². The standard InChI is InChI=1S/C17H18N2/c1-10-6-11-8-12(7-10)16-15(9-11)19-14-5-3-2-4-13(14)17(16)18/h2-6,11-12H,7-9H2,1H3,(H2,18,19). The van der Waals surface area contributed by atoms with Crippen LogP contribution < -0.4 is 5.73 Å². The molecule has 1 heterocycles. The molecule has 0 spiro atoms. The Balaban J connectivity index is 1.98. The topological polar surface area (TPSA) is 38.9 Å². The lowest BCUT2D eigenvalue weighted by Crippen LogP contribution is -2.24. The average molecular weight is 250 g/mol. The SMILES string of the molecule is CC1=CC2Cc3nc4ccccc4c(N)c3C(C1)C2. The molecule has 0 fully saturated rings. The van der Waals surface area contributed by atoms with E-state index in [1.807, 2.05) is 12.1 Å². The Hall–Kier alpha value is -1.83. The lowest BCUT2D eigenvalue weighted by Gasteiger charge is -2.35. The first-order chi connectivity index (χ1) is 9.22. The number of aromatic nitrogens is 1. The third-order valence-electron chi connectivity index (χ3n) is 4.59. The van der Waals surface area contributed by atoms with Crippen molar-refractivity contribution in [3.05, 3.63) is 47.2 Å². The summed E-state index contributed by atoms with van der Waals surface area (Å²) in [4.78, 5) is 4.87. The van der Waals surface area contributed by atoms with Crippen LogP contribution in [0, 0.1) is 5.92 Å². The second-order valence-corrected chi connectivity index (χ2v) is 6.02. The molecule has 0 radical (unpaired) electrons.